The Labute approximate surface area is 148 Å². The predicted octanol–water partition coefficient (Wildman–Crippen LogP) is 4.78. The number of piperidine rings is 1. The summed E-state index contributed by atoms with van der Waals surface area (Å²) < 4.78 is 26.8. The van der Waals surface area contributed by atoms with E-state index in [0.717, 1.165) is 25.7 Å². The number of hydrogen-bond donors (Lipinski definition) is 0. The lowest BCUT2D eigenvalue weighted by Gasteiger charge is -2.45. The zero-order valence-corrected chi connectivity index (χ0v) is 14.6. The van der Waals surface area contributed by atoms with E-state index in [-0.39, 0.29) is 0 Å². The van der Waals surface area contributed by atoms with Gasteiger partial charge in [0.05, 0.1) is 0 Å². The van der Waals surface area contributed by atoms with Crippen molar-refractivity contribution in [1.82, 2.24) is 4.90 Å². The highest BCUT2D eigenvalue weighted by atomic mass is 19.1. The zero-order valence-electron chi connectivity index (χ0n) is 14.6. The smallest absolute Gasteiger partial charge is 0.129 e. The second-order valence-electron chi connectivity index (χ2n) is 7.77. The number of nitrogens with zero attached hydrogens (tertiary/aromatic N) is 1. The van der Waals surface area contributed by atoms with E-state index in [2.05, 4.69) is 29.2 Å². The van der Waals surface area contributed by atoms with Crippen LogP contribution in [0.3, 0.4) is 0 Å². The van der Waals surface area contributed by atoms with Gasteiger partial charge in [0.2, 0.25) is 0 Å². The largest absolute Gasteiger partial charge is 0.303 e. The summed E-state index contributed by atoms with van der Waals surface area (Å²) in [6.07, 6.45) is 6.83. The van der Waals surface area contributed by atoms with Crippen LogP contribution in [0, 0.1) is 17.0 Å². The van der Waals surface area contributed by atoms with E-state index in [1.165, 1.54) is 49.3 Å². The van der Waals surface area contributed by atoms with Crippen molar-refractivity contribution in [2.24, 2.45) is 5.41 Å². The zero-order chi connectivity index (χ0) is 17.3. The van der Waals surface area contributed by atoms with E-state index in [1.807, 2.05) is 0 Å². The highest BCUT2D eigenvalue weighted by molar-refractivity contribution is 5.31. The summed E-state index contributed by atoms with van der Waals surface area (Å²) in [5.74, 6) is -0.920. The molecule has 0 radical (unpaired) electrons. The number of halogens is 2. The highest BCUT2D eigenvalue weighted by Crippen LogP contribution is 2.43. The minimum atomic E-state index is -0.501. The van der Waals surface area contributed by atoms with Crippen LogP contribution >= 0.6 is 0 Å². The summed E-state index contributed by atoms with van der Waals surface area (Å²) in [5, 5.41) is 0. The minimum Gasteiger partial charge on any atom is -0.303 e. The molecule has 0 amide bonds. The molecular weight excluding hydrogens is 316 g/mol. The topological polar surface area (TPSA) is 3.24 Å². The highest BCUT2D eigenvalue weighted by Gasteiger charge is 2.37. The first-order valence-corrected chi connectivity index (χ1v) is 9.37. The van der Waals surface area contributed by atoms with Crippen LogP contribution in [0.4, 0.5) is 8.78 Å². The Bertz CT molecular complexity index is 747. The summed E-state index contributed by atoms with van der Waals surface area (Å²) >= 11 is 0. The first kappa shape index (κ1) is 16.7. The molecule has 1 aliphatic heterocycles. The predicted molar refractivity (Wildman–Crippen MR) is 96.6 cm³/mol. The lowest BCUT2D eigenvalue weighted by atomic mass is 9.66. The van der Waals surface area contributed by atoms with Gasteiger partial charge >= 0.3 is 0 Å². The normalized spacial score (nSPS) is 19.8. The molecule has 3 heteroatoms. The summed E-state index contributed by atoms with van der Waals surface area (Å²) in [5.41, 5.74) is 4.15. The van der Waals surface area contributed by atoms with Gasteiger partial charge in [0.25, 0.3) is 0 Å². The lowest BCUT2D eigenvalue weighted by molar-refractivity contribution is 0.0905. The molecule has 2 aromatic rings. The van der Waals surface area contributed by atoms with Gasteiger partial charge in [0.15, 0.2) is 0 Å². The average Bonchev–Trinajstić information content (AvgIpc) is 2.62. The van der Waals surface area contributed by atoms with Crippen molar-refractivity contribution < 1.29 is 8.78 Å². The Morgan fingerprint density at radius 1 is 0.920 bits per heavy atom. The summed E-state index contributed by atoms with van der Waals surface area (Å²) in [6, 6.07) is 12.8. The van der Waals surface area contributed by atoms with Crippen molar-refractivity contribution in [3.05, 3.63) is 70.8 Å². The third-order valence-electron chi connectivity index (χ3n) is 6.24. The second kappa shape index (κ2) is 6.87. The van der Waals surface area contributed by atoms with Crippen LogP contribution in [-0.4, -0.2) is 24.5 Å². The molecule has 0 atom stereocenters. The standard InChI is InChI=1S/C22H25F2N/c23-20-6-5-18(21(24)15-20)8-12-25-13-10-22(11-14-25)9-7-17-3-1-2-4-19(17)16-22/h1-6,15H,7-14,16H2. The molecule has 0 saturated carbocycles. The molecule has 4 rings (SSSR count). The number of rotatable bonds is 3. The third-order valence-corrected chi connectivity index (χ3v) is 6.24. The molecule has 1 aliphatic carbocycles. The van der Waals surface area contributed by atoms with Gasteiger partial charge in [-0.3, -0.25) is 0 Å². The molecule has 1 heterocycles. The van der Waals surface area contributed by atoms with Gasteiger partial charge in [0.1, 0.15) is 11.6 Å². The number of fused-ring (bicyclic) bond motifs is 1. The fraction of sp³-hybridized carbons (Fsp3) is 0.455. The van der Waals surface area contributed by atoms with Crippen LogP contribution in [0.5, 0.6) is 0 Å². The molecule has 1 saturated heterocycles. The lowest BCUT2D eigenvalue weighted by Crippen LogP contribution is -2.43. The Hall–Kier alpha value is -1.74. The van der Waals surface area contributed by atoms with Crippen molar-refractivity contribution in [3.63, 3.8) is 0 Å². The van der Waals surface area contributed by atoms with E-state index in [0.29, 0.717) is 17.4 Å². The Morgan fingerprint density at radius 3 is 2.44 bits per heavy atom. The van der Waals surface area contributed by atoms with Gasteiger partial charge in [-0.25, -0.2) is 8.78 Å². The Balaban J connectivity index is 1.33. The molecule has 1 spiro atoms. The van der Waals surface area contributed by atoms with Crippen molar-refractivity contribution in [2.75, 3.05) is 19.6 Å². The molecule has 2 aliphatic rings. The van der Waals surface area contributed by atoms with Gasteiger partial charge in [-0.15, -0.1) is 0 Å². The van der Waals surface area contributed by atoms with Crippen LogP contribution in [0.25, 0.3) is 0 Å². The van der Waals surface area contributed by atoms with E-state index in [4.69, 9.17) is 0 Å². The van der Waals surface area contributed by atoms with Gasteiger partial charge in [-0.2, -0.15) is 0 Å². The van der Waals surface area contributed by atoms with Crippen molar-refractivity contribution in [1.29, 1.82) is 0 Å². The number of likely N-dealkylation sites (tertiary alicyclic amines) is 1. The minimum absolute atomic E-state index is 0.419. The van der Waals surface area contributed by atoms with Crippen molar-refractivity contribution in [3.8, 4) is 0 Å². The van der Waals surface area contributed by atoms with Gasteiger partial charge in [-0.1, -0.05) is 30.3 Å². The average molecular weight is 341 g/mol. The molecule has 0 bridgehead atoms. The quantitative estimate of drug-likeness (QED) is 0.777. The van der Waals surface area contributed by atoms with Crippen molar-refractivity contribution >= 4 is 0 Å². The third kappa shape index (κ3) is 3.62. The van der Waals surface area contributed by atoms with E-state index >= 15 is 0 Å². The maximum Gasteiger partial charge on any atom is 0.129 e. The van der Waals surface area contributed by atoms with Crippen LogP contribution in [0.2, 0.25) is 0 Å². The van der Waals surface area contributed by atoms with Crippen LogP contribution in [0.15, 0.2) is 42.5 Å². The maximum atomic E-state index is 13.8. The maximum absolute atomic E-state index is 13.8. The molecule has 0 aromatic heterocycles. The molecule has 0 N–H and O–H groups in total. The molecule has 0 unspecified atom stereocenters. The van der Waals surface area contributed by atoms with Crippen LogP contribution < -0.4 is 0 Å². The first-order valence-electron chi connectivity index (χ1n) is 9.37. The Kier molecular flexibility index (Phi) is 4.60. The molecule has 2 aromatic carbocycles. The van der Waals surface area contributed by atoms with E-state index < -0.39 is 11.6 Å². The fourth-order valence-electron chi connectivity index (χ4n) is 4.55. The summed E-state index contributed by atoms with van der Waals surface area (Å²) in [7, 11) is 0. The van der Waals surface area contributed by atoms with E-state index in [9.17, 15) is 8.78 Å². The number of aryl methyl sites for hydroxylation is 1. The van der Waals surface area contributed by atoms with Gasteiger partial charge in [0, 0.05) is 12.6 Å². The summed E-state index contributed by atoms with van der Waals surface area (Å²) in [4.78, 5) is 2.44. The number of hydrogen-bond acceptors (Lipinski definition) is 1. The Morgan fingerprint density at radius 2 is 1.68 bits per heavy atom. The van der Waals surface area contributed by atoms with Crippen LogP contribution in [0.1, 0.15) is 36.0 Å². The molecule has 25 heavy (non-hydrogen) atoms. The fourth-order valence-corrected chi connectivity index (χ4v) is 4.55. The first-order chi connectivity index (χ1) is 12.1. The van der Waals surface area contributed by atoms with Crippen LogP contribution in [-0.2, 0) is 19.3 Å². The van der Waals surface area contributed by atoms with E-state index in [1.54, 1.807) is 6.07 Å². The number of benzene rings is 2. The second-order valence-corrected chi connectivity index (χ2v) is 7.77. The van der Waals surface area contributed by atoms with Gasteiger partial charge in [-0.05, 0) is 79.8 Å². The molecule has 1 nitrogen and oxygen atoms in total. The molecule has 132 valence electrons. The molecule has 1 fully saturated rings. The van der Waals surface area contributed by atoms with Gasteiger partial charge < -0.3 is 4.90 Å². The molecular formula is C22H25F2N. The monoisotopic (exact) mass is 341 g/mol. The SMILES string of the molecule is Fc1ccc(CCN2CCC3(CCc4ccccc4C3)CC2)c(F)c1. The van der Waals surface area contributed by atoms with Crippen molar-refractivity contribution in [2.45, 2.75) is 38.5 Å². The summed E-state index contributed by atoms with van der Waals surface area (Å²) in [6.45, 7) is 3.03.